The highest BCUT2D eigenvalue weighted by Crippen LogP contribution is 2.25. The number of rotatable bonds is 3. The molecule has 0 saturated carbocycles. The molecule has 17 heavy (non-hydrogen) atoms. The van der Waals surface area contributed by atoms with Gasteiger partial charge in [0, 0.05) is 5.92 Å². The van der Waals surface area contributed by atoms with Gasteiger partial charge < -0.3 is 4.79 Å². The van der Waals surface area contributed by atoms with Crippen LogP contribution in [0.25, 0.3) is 11.1 Å². The average molecular weight is 224 g/mol. The summed E-state index contributed by atoms with van der Waals surface area (Å²) in [4.78, 5) is 10.8. The van der Waals surface area contributed by atoms with Crippen LogP contribution in [0.2, 0.25) is 0 Å². The second kappa shape index (κ2) is 4.96. The first-order valence-corrected chi connectivity index (χ1v) is 5.83. The Labute approximate surface area is 102 Å². The van der Waals surface area contributed by atoms with Crippen molar-refractivity contribution in [2.45, 2.75) is 19.8 Å². The molecule has 86 valence electrons. The van der Waals surface area contributed by atoms with Crippen molar-refractivity contribution in [3.8, 4) is 11.1 Å². The van der Waals surface area contributed by atoms with Gasteiger partial charge in [-0.1, -0.05) is 55.5 Å². The van der Waals surface area contributed by atoms with Gasteiger partial charge in [0.25, 0.3) is 0 Å². The fourth-order valence-electron chi connectivity index (χ4n) is 1.96. The van der Waals surface area contributed by atoms with Crippen LogP contribution in [-0.4, -0.2) is 6.29 Å². The van der Waals surface area contributed by atoms with Crippen LogP contribution in [0.4, 0.5) is 0 Å². The van der Waals surface area contributed by atoms with Gasteiger partial charge in [-0.05, 0) is 29.2 Å². The van der Waals surface area contributed by atoms with Crippen molar-refractivity contribution in [1.82, 2.24) is 0 Å². The van der Waals surface area contributed by atoms with E-state index in [0.717, 1.165) is 11.8 Å². The molecule has 0 amide bonds. The Morgan fingerprint density at radius 2 is 1.82 bits per heavy atom. The molecular weight excluding hydrogens is 208 g/mol. The fourth-order valence-corrected chi connectivity index (χ4v) is 1.96. The standard InChI is InChI=1S/C16H16O/c1-12-6-3-4-9-16(12)15-8-5-7-14(10-15)13(2)11-17/h3-11,13H,1-2H3. The number of hydrogen-bond acceptors (Lipinski definition) is 1. The molecule has 0 aliphatic heterocycles. The molecule has 0 aromatic heterocycles. The number of hydrogen-bond donors (Lipinski definition) is 0. The van der Waals surface area contributed by atoms with Gasteiger partial charge in [0.05, 0.1) is 0 Å². The third-order valence-electron chi connectivity index (χ3n) is 3.07. The summed E-state index contributed by atoms with van der Waals surface area (Å²) in [6.07, 6.45) is 0.983. The molecule has 1 atom stereocenters. The van der Waals surface area contributed by atoms with Crippen LogP contribution in [0, 0.1) is 6.92 Å². The summed E-state index contributed by atoms with van der Waals surface area (Å²) < 4.78 is 0. The molecule has 1 unspecified atom stereocenters. The number of carbonyl (C=O) groups excluding carboxylic acids is 1. The Bertz CT molecular complexity index is 529. The predicted molar refractivity (Wildman–Crippen MR) is 71.1 cm³/mol. The lowest BCUT2D eigenvalue weighted by molar-refractivity contribution is -0.108. The van der Waals surface area contributed by atoms with Crippen molar-refractivity contribution in [3.05, 3.63) is 59.7 Å². The molecular formula is C16H16O. The Morgan fingerprint density at radius 1 is 1.06 bits per heavy atom. The average Bonchev–Trinajstić information content (AvgIpc) is 2.38. The van der Waals surface area contributed by atoms with E-state index in [9.17, 15) is 4.79 Å². The summed E-state index contributed by atoms with van der Waals surface area (Å²) in [6, 6.07) is 16.5. The van der Waals surface area contributed by atoms with Gasteiger partial charge in [-0.25, -0.2) is 0 Å². The summed E-state index contributed by atoms with van der Waals surface area (Å²) in [5.41, 5.74) is 4.73. The van der Waals surface area contributed by atoms with E-state index in [1.807, 2.05) is 31.2 Å². The second-order valence-electron chi connectivity index (χ2n) is 4.37. The van der Waals surface area contributed by atoms with Crippen LogP contribution in [0.3, 0.4) is 0 Å². The molecule has 0 aliphatic carbocycles. The van der Waals surface area contributed by atoms with E-state index < -0.39 is 0 Å². The van der Waals surface area contributed by atoms with Crippen molar-refractivity contribution in [2.24, 2.45) is 0 Å². The molecule has 0 saturated heterocycles. The van der Waals surface area contributed by atoms with E-state index in [1.165, 1.54) is 16.7 Å². The number of carbonyl (C=O) groups is 1. The molecule has 2 aromatic rings. The van der Waals surface area contributed by atoms with Crippen molar-refractivity contribution in [1.29, 1.82) is 0 Å². The van der Waals surface area contributed by atoms with E-state index in [2.05, 4.69) is 31.2 Å². The van der Waals surface area contributed by atoms with E-state index in [1.54, 1.807) is 0 Å². The highest BCUT2D eigenvalue weighted by atomic mass is 16.1. The topological polar surface area (TPSA) is 17.1 Å². The number of aldehydes is 1. The van der Waals surface area contributed by atoms with Crippen LogP contribution in [0.15, 0.2) is 48.5 Å². The predicted octanol–water partition coefficient (Wildman–Crippen LogP) is 3.96. The molecule has 0 fully saturated rings. The Kier molecular flexibility index (Phi) is 3.38. The Balaban J connectivity index is 2.47. The van der Waals surface area contributed by atoms with Crippen LogP contribution in [0.1, 0.15) is 24.0 Å². The van der Waals surface area contributed by atoms with Gasteiger partial charge in [-0.3, -0.25) is 0 Å². The zero-order valence-corrected chi connectivity index (χ0v) is 10.2. The molecule has 2 rings (SSSR count). The molecule has 1 heteroatoms. The maximum absolute atomic E-state index is 10.8. The second-order valence-corrected chi connectivity index (χ2v) is 4.37. The smallest absolute Gasteiger partial charge is 0.127 e. The Morgan fingerprint density at radius 3 is 2.53 bits per heavy atom. The first-order chi connectivity index (χ1) is 8.22. The third-order valence-corrected chi connectivity index (χ3v) is 3.07. The fraction of sp³-hybridized carbons (Fsp3) is 0.188. The minimum atomic E-state index is -0.0426. The first-order valence-electron chi connectivity index (χ1n) is 5.83. The van der Waals surface area contributed by atoms with Crippen LogP contribution < -0.4 is 0 Å². The lowest BCUT2D eigenvalue weighted by Gasteiger charge is -2.09. The summed E-state index contributed by atoms with van der Waals surface area (Å²) in [5, 5.41) is 0. The molecule has 0 spiro atoms. The number of aryl methyl sites for hydroxylation is 1. The van der Waals surface area contributed by atoms with Crippen molar-refractivity contribution in [3.63, 3.8) is 0 Å². The van der Waals surface area contributed by atoms with Gasteiger partial charge in [-0.2, -0.15) is 0 Å². The Hall–Kier alpha value is -1.89. The minimum absolute atomic E-state index is 0.0426. The largest absolute Gasteiger partial charge is 0.303 e. The minimum Gasteiger partial charge on any atom is -0.303 e. The highest BCUT2D eigenvalue weighted by molar-refractivity contribution is 5.70. The van der Waals surface area contributed by atoms with Crippen LogP contribution >= 0.6 is 0 Å². The summed E-state index contributed by atoms with van der Waals surface area (Å²) in [5.74, 6) is -0.0426. The zero-order valence-electron chi connectivity index (χ0n) is 10.2. The molecule has 0 heterocycles. The molecule has 2 aromatic carbocycles. The van der Waals surface area contributed by atoms with Gasteiger partial charge in [0.15, 0.2) is 0 Å². The maximum atomic E-state index is 10.8. The monoisotopic (exact) mass is 224 g/mol. The van der Waals surface area contributed by atoms with E-state index >= 15 is 0 Å². The lowest BCUT2D eigenvalue weighted by Crippen LogP contribution is -1.94. The van der Waals surface area contributed by atoms with E-state index in [4.69, 9.17) is 0 Å². The highest BCUT2D eigenvalue weighted by Gasteiger charge is 2.06. The quantitative estimate of drug-likeness (QED) is 0.721. The number of benzene rings is 2. The van der Waals surface area contributed by atoms with Crippen LogP contribution in [-0.2, 0) is 4.79 Å². The van der Waals surface area contributed by atoms with Gasteiger partial charge in [0.2, 0.25) is 0 Å². The van der Waals surface area contributed by atoms with Gasteiger partial charge in [-0.15, -0.1) is 0 Å². The normalized spacial score (nSPS) is 12.1. The van der Waals surface area contributed by atoms with E-state index in [0.29, 0.717) is 0 Å². The summed E-state index contributed by atoms with van der Waals surface area (Å²) in [6.45, 7) is 4.02. The van der Waals surface area contributed by atoms with Gasteiger partial charge in [0.1, 0.15) is 6.29 Å². The SMILES string of the molecule is Cc1ccccc1-c1cccc(C(C)C=O)c1. The van der Waals surface area contributed by atoms with Gasteiger partial charge >= 0.3 is 0 Å². The molecule has 1 nitrogen and oxygen atoms in total. The lowest BCUT2D eigenvalue weighted by atomic mass is 9.95. The van der Waals surface area contributed by atoms with Crippen molar-refractivity contribution in [2.75, 3.05) is 0 Å². The third kappa shape index (κ3) is 2.44. The first kappa shape index (κ1) is 11.6. The summed E-state index contributed by atoms with van der Waals surface area (Å²) in [7, 11) is 0. The van der Waals surface area contributed by atoms with Crippen molar-refractivity contribution >= 4 is 6.29 Å². The molecule has 0 N–H and O–H groups in total. The molecule has 0 aliphatic rings. The molecule has 0 radical (unpaired) electrons. The maximum Gasteiger partial charge on any atom is 0.127 e. The van der Waals surface area contributed by atoms with Crippen LogP contribution in [0.5, 0.6) is 0 Å². The van der Waals surface area contributed by atoms with E-state index in [-0.39, 0.29) is 5.92 Å². The van der Waals surface area contributed by atoms with Crippen molar-refractivity contribution < 1.29 is 4.79 Å². The zero-order chi connectivity index (χ0) is 12.3. The summed E-state index contributed by atoms with van der Waals surface area (Å²) >= 11 is 0. The molecule has 0 bridgehead atoms.